The summed E-state index contributed by atoms with van der Waals surface area (Å²) in [6.07, 6.45) is 15.9. The van der Waals surface area contributed by atoms with Crippen LogP contribution in [0.4, 0.5) is 0 Å². The number of hydrogen-bond acceptors (Lipinski definition) is 2. The van der Waals surface area contributed by atoms with Gasteiger partial charge in [0.05, 0.1) is 0 Å². The number of carbonyl (C=O) groups excluding carboxylic acids is 1. The molecule has 3 rings (SSSR count). The summed E-state index contributed by atoms with van der Waals surface area (Å²) in [5, 5.41) is 0. The van der Waals surface area contributed by atoms with Crippen LogP contribution in [0.3, 0.4) is 0 Å². The summed E-state index contributed by atoms with van der Waals surface area (Å²) < 4.78 is 0. The number of carbonyl (C=O) groups is 1. The van der Waals surface area contributed by atoms with E-state index in [4.69, 9.17) is 5.73 Å². The average Bonchev–Trinajstić information content (AvgIpc) is 3.07. The van der Waals surface area contributed by atoms with Crippen molar-refractivity contribution in [3.05, 3.63) is 0 Å². The second-order valence-electron chi connectivity index (χ2n) is 11.2. The Morgan fingerprint density at radius 1 is 0.967 bits per heavy atom. The zero-order chi connectivity index (χ0) is 22.3. The standard InChI is InChI=1S/C26H47NO.C2H6/c1-18(2)25(28)10-7-9-21-12-14-24-23-13-11-20(8-5-6-17-27)19(3)22(23)15-16-26(21,24)4;1-2/h18-24H,5-17,27H2,1-4H3;1-2H3/t19?,20-,21-,22?,23+,24?,26+;/m0./s1. The highest BCUT2D eigenvalue weighted by atomic mass is 16.1. The number of hydrogen-bond donors (Lipinski definition) is 1. The lowest BCUT2D eigenvalue weighted by atomic mass is 9.51. The molecule has 0 aromatic carbocycles. The first-order valence-electron chi connectivity index (χ1n) is 13.6. The van der Waals surface area contributed by atoms with Gasteiger partial charge in [0, 0.05) is 12.3 Å². The maximum atomic E-state index is 12.0. The third-order valence-corrected chi connectivity index (χ3v) is 9.63. The monoisotopic (exact) mass is 419 g/mol. The molecule has 0 spiro atoms. The molecule has 3 fully saturated rings. The van der Waals surface area contributed by atoms with Crippen LogP contribution >= 0.6 is 0 Å². The van der Waals surface area contributed by atoms with Crippen molar-refractivity contribution in [1.82, 2.24) is 0 Å². The number of fused-ring (bicyclic) bond motifs is 3. The Kier molecular flexibility index (Phi) is 10.4. The summed E-state index contributed by atoms with van der Waals surface area (Å²) in [5.74, 6) is 6.35. The third kappa shape index (κ3) is 5.70. The van der Waals surface area contributed by atoms with E-state index >= 15 is 0 Å². The van der Waals surface area contributed by atoms with Crippen LogP contribution in [0.2, 0.25) is 0 Å². The Labute approximate surface area is 188 Å². The van der Waals surface area contributed by atoms with Gasteiger partial charge in [-0.15, -0.1) is 0 Å². The van der Waals surface area contributed by atoms with E-state index < -0.39 is 0 Å². The number of unbranched alkanes of at least 4 members (excludes halogenated alkanes) is 1. The fourth-order valence-electron chi connectivity index (χ4n) is 7.76. The Morgan fingerprint density at radius 2 is 1.70 bits per heavy atom. The van der Waals surface area contributed by atoms with Gasteiger partial charge in [0.2, 0.25) is 0 Å². The first-order valence-corrected chi connectivity index (χ1v) is 13.6. The quantitative estimate of drug-likeness (QED) is 0.390. The minimum atomic E-state index is 0.212. The van der Waals surface area contributed by atoms with Crippen molar-refractivity contribution in [3.8, 4) is 0 Å². The molecule has 0 radical (unpaired) electrons. The average molecular weight is 420 g/mol. The highest BCUT2D eigenvalue weighted by molar-refractivity contribution is 5.80. The molecule has 3 saturated carbocycles. The molecule has 2 N–H and O–H groups in total. The fourth-order valence-corrected chi connectivity index (χ4v) is 7.76. The lowest BCUT2D eigenvalue weighted by Crippen LogP contribution is -2.46. The molecule has 2 heteroatoms. The highest BCUT2D eigenvalue weighted by Gasteiger charge is 2.55. The molecular weight excluding hydrogens is 366 g/mol. The van der Waals surface area contributed by atoms with E-state index in [1.807, 2.05) is 27.7 Å². The van der Waals surface area contributed by atoms with Gasteiger partial charge in [0.25, 0.3) is 0 Å². The molecule has 2 nitrogen and oxygen atoms in total. The van der Waals surface area contributed by atoms with E-state index in [0.29, 0.717) is 11.2 Å². The van der Waals surface area contributed by atoms with Gasteiger partial charge in [-0.1, -0.05) is 54.4 Å². The lowest BCUT2D eigenvalue weighted by molar-refractivity contribution is -0.122. The summed E-state index contributed by atoms with van der Waals surface area (Å²) in [4.78, 5) is 12.0. The molecule has 0 aromatic rings. The molecule has 0 amide bonds. The molecule has 3 aliphatic carbocycles. The molecule has 3 unspecified atom stereocenters. The van der Waals surface area contributed by atoms with Crippen LogP contribution in [0.5, 0.6) is 0 Å². The molecular formula is C28H53NO. The Morgan fingerprint density at radius 3 is 2.37 bits per heavy atom. The van der Waals surface area contributed by atoms with Gasteiger partial charge in [0.1, 0.15) is 5.78 Å². The van der Waals surface area contributed by atoms with Crippen LogP contribution < -0.4 is 5.73 Å². The Hall–Kier alpha value is -0.370. The molecule has 0 saturated heterocycles. The van der Waals surface area contributed by atoms with Gasteiger partial charge in [-0.25, -0.2) is 0 Å². The largest absolute Gasteiger partial charge is 0.330 e. The van der Waals surface area contributed by atoms with Gasteiger partial charge < -0.3 is 5.73 Å². The minimum Gasteiger partial charge on any atom is -0.330 e. The van der Waals surface area contributed by atoms with Crippen LogP contribution in [-0.2, 0) is 4.79 Å². The predicted molar refractivity (Wildman–Crippen MR) is 130 cm³/mol. The van der Waals surface area contributed by atoms with Crippen molar-refractivity contribution in [2.75, 3.05) is 6.54 Å². The second-order valence-corrected chi connectivity index (χ2v) is 11.2. The predicted octanol–water partition coefficient (Wildman–Crippen LogP) is 7.64. The molecule has 3 aliphatic rings. The normalized spacial score (nSPS) is 37.9. The van der Waals surface area contributed by atoms with Crippen LogP contribution in [-0.4, -0.2) is 12.3 Å². The van der Waals surface area contributed by atoms with E-state index in [2.05, 4.69) is 13.8 Å². The van der Waals surface area contributed by atoms with Gasteiger partial charge >= 0.3 is 0 Å². The van der Waals surface area contributed by atoms with Crippen molar-refractivity contribution in [2.24, 2.45) is 52.6 Å². The van der Waals surface area contributed by atoms with E-state index in [0.717, 1.165) is 54.9 Å². The van der Waals surface area contributed by atoms with Crippen molar-refractivity contribution in [3.63, 3.8) is 0 Å². The van der Waals surface area contributed by atoms with Crippen LogP contribution in [0.25, 0.3) is 0 Å². The lowest BCUT2D eigenvalue weighted by Gasteiger charge is -2.54. The topological polar surface area (TPSA) is 43.1 Å². The smallest absolute Gasteiger partial charge is 0.135 e. The van der Waals surface area contributed by atoms with E-state index in [1.54, 1.807) is 0 Å². The molecule has 0 bridgehead atoms. The molecule has 0 heterocycles. The van der Waals surface area contributed by atoms with E-state index in [1.165, 1.54) is 64.2 Å². The first-order chi connectivity index (χ1) is 14.4. The van der Waals surface area contributed by atoms with Gasteiger partial charge in [-0.3, -0.25) is 4.79 Å². The zero-order valence-corrected chi connectivity index (χ0v) is 21.2. The second kappa shape index (κ2) is 12.0. The summed E-state index contributed by atoms with van der Waals surface area (Å²) in [6, 6.07) is 0. The van der Waals surface area contributed by atoms with Gasteiger partial charge in [-0.05, 0) is 105 Å². The highest BCUT2D eigenvalue weighted by Crippen LogP contribution is 2.63. The first kappa shape index (κ1) is 25.9. The maximum Gasteiger partial charge on any atom is 0.135 e. The van der Waals surface area contributed by atoms with Crippen molar-refractivity contribution >= 4 is 5.78 Å². The van der Waals surface area contributed by atoms with Crippen LogP contribution in [0.15, 0.2) is 0 Å². The Balaban J connectivity index is 0.00000155. The zero-order valence-electron chi connectivity index (χ0n) is 21.2. The van der Waals surface area contributed by atoms with Crippen LogP contribution in [0.1, 0.15) is 119 Å². The summed E-state index contributed by atoms with van der Waals surface area (Å²) in [7, 11) is 0. The Bertz CT molecular complexity index is 515. The summed E-state index contributed by atoms with van der Waals surface area (Å²) in [6.45, 7) is 14.2. The van der Waals surface area contributed by atoms with Gasteiger partial charge in [0.15, 0.2) is 0 Å². The van der Waals surface area contributed by atoms with Gasteiger partial charge in [-0.2, -0.15) is 0 Å². The number of rotatable bonds is 9. The van der Waals surface area contributed by atoms with Crippen LogP contribution in [0, 0.1) is 46.8 Å². The summed E-state index contributed by atoms with van der Waals surface area (Å²) in [5.41, 5.74) is 6.28. The fraction of sp³-hybridized carbons (Fsp3) is 0.964. The van der Waals surface area contributed by atoms with Crippen molar-refractivity contribution < 1.29 is 4.79 Å². The minimum absolute atomic E-state index is 0.212. The van der Waals surface area contributed by atoms with Crippen molar-refractivity contribution in [2.45, 2.75) is 119 Å². The molecule has 176 valence electrons. The third-order valence-electron chi connectivity index (χ3n) is 9.63. The summed E-state index contributed by atoms with van der Waals surface area (Å²) >= 11 is 0. The molecule has 30 heavy (non-hydrogen) atoms. The number of Topliss-reactive ketones (excluding diaryl/α,β-unsaturated/α-hetero) is 1. The number of nitrogens with two attached hydrogens (primary N) is 1. The van der Waals surface area contributed by atoms with Crippen molar-refractivity contribution in [1.29, 1.82) is 0 Å². The SMILES string of the molecule is CC.CC(C)C(=O)CCC[C@H]1CCC2[C@@H]3CC[C@H](CCCCN)C(C)C3CC[C@@]21C. The van der Waals surface area contributed by atoms with E-state index in [9.17, 15) is 4.79 Å². The number of ketones is 1. The van der Waals surface area contributed by atoms with E-state index in [-0.39, 0.29) is 5.92 Å². The maximum absolute atomic E-state index is 12.0. The molecule has 0 aliphatic heterocycles. The molecule has 7 atom stereocenters. The molecule has 0 aromatic heterocycles.